The largest absolute Gasteiger partial charge is 0.458 e. The SMILES string of the molecule is c1ccc([Si](c2ccccc2)(c2ccccc2)c2ccc3c(c2)Oc2cc(N4c5ccccc5[Si](c5ccccc5)(c5ccccc5)c5ccccc54)cc4c2B3c2ccccc2S4)cc1. The Labute approximate surface area is 393 Å². The molecule has 3 heterocycles. The first-order valence-electron chi connectivity index (χ1n) is 22.8. The summed E-state index contributed by atoms with van der Waals surface area (Å²) in [5.41, 5.74) is 7.30. The zero-order chi connectivity index (χ0) is 43.7. The number of hydrogen-bond donors (Lipinski definition) is 0. The lowest BCUT2D eigenvalue weighted by Gasteiger charge is -2.45. The molecule has 66 heavy (non-hydrogen) atoms. The molecule has 2 nitrogen and oxygen atoms in total. The molecule has 0 spiro atoms. The predicted octanol–water partition coefficient (Wildman–Crippen LogP) is 7.31. The summed E-state index contributed by atoms with van der Waals surface area (Å²) in [5, 5.41) is 10.8. The maximum absolute atomic E-state index is 7.46. The first kappa shape index (κ1) is 39.1. The van der Waals surface area contributed by atoms with Gasteiger partial charge in [-0.15, -0.1) is 0 Å². The normalized spacial score (nSPS) is 13.9. The van der Waals surface area contributed by atoms with Crippen molar-refractivity contribution in [3.63, 3.8) is 0 Å². The number of hydrogen-bond acceptors (Lipinski definition) is 3. The monoisotopic (exact) mass is 891 g/mol. The van der Waals surface area contributed by atoms with Gasteiger partial charge in [0, 0.05) is 27.2 Å². The molecule has 0 saturated heterocycles. The number of nitrogens with zero attached hydrogens (tertiary/aromatic N) is 1. The Morgan fingerprint density at radius 1 is 0.394 bits per heavy atom. The van der Waals surface area contributed by atoms with Gasteiger partial charge in [0.25, 0.3) is 6.71 Å². The maximum atomic E-state index is 7.46. The second kappa shape index (κ2) is 15.7. The van der Waals surface area contributed by atoms with Gasteiger partial charge in [0.1, 0.15) is 11.5 Å². The van der Waals surface area contributed by atoms with Crippen molar-refractivity contribution in [3.05, 3.63) is 255 Å². The van der Waals surface area contributed by atoms with E-state index in [4.69, 9.17) is 4.74 Å². The van der Waals surface area contributed by atoms with E-state index in [-0.39, 0.29) is 6.71 Å². The molecule has 0 N–H and O–H groups in total. The molecule has 10 aromatic rings. The zero-order valence-electron chi connectivity index (χ0n) is 36.1. The van der Waals surface area contributed by atoms with E-state index in [1.807, 2.05) is 11.8 Å². The fourth-order valence-electron chi connectivity index (χ4n) is 11.5. The molecule has 0 radical (unpaired) electrons. The van der Waals surface area contributed by atoms with Gasteiger partial charge in [0.15, 0.2) is 16.1 Å². The van der Waals surface area contributed by atoms with Crippen LogP contribution < -0.4 is 67.5 Å². The highest BCUT2D eigenvalue weighted by Crippen LogP contribution is 2.44. The topological polar surface area (TPSA) is 12.5 Å². The molecule has 0 aliphatic carbocycles. The van der Waals surface area contributed by atoms with E-state index >= 15 is 0 Å². The number of ether oxygens (including phenoxy) is 1. The molecule has 0 unspecified atom stereocenters. The van der Waals surface area contributed by atoms with Crippen LogP contribution in [0.5, 0.6) is 11.5 Å². The van der Waals surface area contributed by atoms with Crippen molar-refractivity contribution in [2.24, 2.45) is 0 Å². The second-order valence-corrected chi connectivity index (χ2v) is 26.1. The van der Waals surface area contributed by atoms with Crippen LogP contribution >= 0.6 is 11.8 Å². The van der Waals surface area contributed by atoms with Crippen LogP contribution in [0.25, 0.3) is 0 Å². The van der Waals surface area contributed by atoms with E-state index in [0.717, 1.165) is 17.2 Å². The quantitative estimate of drug-likeness (QED) is 0.123. The summed E-state index contributed by atoms with van der Waals surface area (Å²) in [6.45, 7) is 0.0256. The van der Waals surface area contributed by atoms with Crippen LogP contribution in [-0.4, -0.2) is 22.9 Å². The van der Waals surface area contributed by atoms with Crippen molar-refractivity contribution < 1.29 is 4.74 Å². The van der Waals surface area contributed by atoms with Gasteiger partial charge < -0.3 is 9.64 Å². The Bertz CT molecular complexity index is 3260. The second-order valence-electron chi connectivity index (χ2n) is 17.5. The molecule has 0 amide bonds. The van der Waals surface area contributed by atoms with E-state index in [2.05, 4.69) is 260 Å². The van der Waals surface area contributed by atoms with Crippen molar-refractivity contribution in [1.82, 2.24) is 0 Å². The molecule has 0 bridgehead atoms. The van der Waals surface area contributed by atoms with Crippen molar-refractivity contribution in [3.8, 4) is 11.5 Å². The molecule has 3 aliphatic heterocycles. The average Bonchev–Trinajstić information content (AvgIpc) is 3.39. The summed E-state index contributed by atoms with van der Waals surface area (Å²) in [7, 11) is -5.61. The number of fused-ring (bicyclic) bond motifs is 6. The first-order valence-corrected chi connectivity index (χ1v) is 27.6. The zero-order valence-corrected chi connectivity index (χ0v) is 38.9. The van der Waals surface area contributed by atoms with E-state index in [9.17, 15) is 0 Å². The van der Waals surface area contributed by atoms with Crippen LogP contribution in [0.15, 0.2) is 265 Å². The number of para-hydroxylation sites is 2. The Morgan fingerprint density at radius 3 is 1.44 bits per heavy atom. The standard InChI is InChI=1S/C60H42BNOSSi2/c1-6-22-44(23-7-1)65(45-24-8-2-9-25-45,46-26-10-3-11-27-46)49-38-39-50-54(42-49)63-55-40-43(41-57-60(55)61(50)51-32-16-19-35-56(51)64-57)62-52-33-17-20-36-58(52)66(47-28-12-4-13-29-47,48-30-14-5-15-31-48)59-37-21-18-34-53(59)62/h1-42H. The Hall–Kier alpha value is -7.35. The number of rotatable bonds is 7. The van der Waals surface area contributed by atoms with E-state index in [1.165, 1.54) is 79.0 Å². The van der Waals surface area contributed by atoms with Gasteiger partial charge in [-0.1, -0.05) is 236 Å². The van der Waals surface area contributed by atoms with Crippen LogP contribution in [0.4, 0.5) is 17.1 Å². The fourth-order valence-corrected chi connectivity index (χ4v) is 22.6. The molecular weight excluding hydrogens is 850 g/mol. The van der Waals surface area contributed by atoms with Gasteiger partial charge in [0.2, 0.25) is 0 Å². The van der Waals surface area contributed by atoms with Crippen molar-refractivity contribution in [1.29, 1.82) is 0 Å². The third kappa shape index (κ3) is 5.75. The Kier molecular flexibility index (Phi) is 9.27. The van der Waals surface area contributed by atoms with Crippen LogP contribution in [0, 0.1) is 0 Å². The third-order valence-corrected chi connectivity index (χ3v) is 25.0. The lowest BCUT2D eigenvalue weighted by Crippen LogP contribution is -2.77. The molecule has 10 aromatic carbocycles. The minimum Gasteiger partial charge on any atom is -0.458 e. The minimum atomic E-state index is -2.83. The summed E-state index contributed by atoms with van der Waals surface area (Å²) in [6.07, 6.45) is 0. The Balaban J connectivity index is 1.04. The molecule has 0 atom stereocenters. The van der Waals surface area contributed by atoms with E-state index in [1.54, 1.807) is 0 Å². The van der Waals surface area contributed by atoms with Gasteiger partial charge in [-0.25, -0.2) is 0 Å². The van der Waals surface area contributed by atoms with Gasteiger partial charge in [-0.2, -0.15) is 0 Å². The van der Waals surface area contributed by atoms with Crippen LogP contribution in [0.3, 0.4) is 0 Å². The number of anilines is 3. The molecular formula is C60H42BNOSSi2. The Morgan fingerprint density at radius 2 is 0.879 bits per heavy atom. The highest BCUT2D eigenvalue weighted by molar-refractivity contribution is 8.00. The molecule has 6 heteroatoms. The van der Waals surface area contributed by atoms with Crippen LogP contribution in [0.1, 0.15) is 0 Å². The number of benzene rings is 10. The van der Waals surface area contributed by atoms with Gasteiger partial charge >= 0.3 is 0 Å². The molecule has 0 fully saturated rings. The van der Waals surface area contributed by atoms with Crippen molar-refractivity contribution >= 4 is 110 Å². The summed E-state index contributed by atoms with van der Waals surface area (Å²) in [4.78, 5) is 5.04. The molecule has 0 aromatic heterocycles. The molecule has 13 rings (SSSR count). The predicted molar refractivity (Wildman–Crippen MR) is 284 cm³/mol. The van der Waals surface area contributed by atoms with Gasteiger partial charge in [-0.3, -0.25) is 0 Å². The summed E-state index contributed by atoms with van der Waals surface area (Å²) in [6, 6.07) is 95.3. The minimum absolute atomic E-state index is 0.0256. The summed E-state index contributed by atoms with van der Waals surface area (Å²) >= 11 is 1.87. The lowest BCUT2D eigenvalue weighted by molar-refractivity contribution is 0.487. The van der Waals surface area contributed by atoms with Gasteiger partial charge in [-0.05, 0) is 82.8 Å². The summed E-state index contributed by atoms with van der Waals surface area (Å²) in [5.74, 6) is 1.84. The van der Waals surface area contributed by atoms with E-state index in [0.29, 0.717) is 0 Å². The average molecular weight is 892 g/mol. The van der Waals surface area contributed by atoms with Crippen LogP contribution in [-0.2, 0) is 0 Å². The highest BCUT2D eigenvalue weighted by Gasteiger charge is 2.50. The smallest absolute Gasteiger partial charge is 0.253 e. The highest BCUT2D eigenvalue weighted by atomic mass is 32.2. The summed E-state index contributed by atoms with van der Waals surface area (Å²) < 4.78 is 7.46. The molecule has 310 valence electrons. The van der Waals surface area contributed by atoms with Crippen LogP contribution in [0.2, 0.25) is 0 Å². The van der Waals surface area contributed by atoms with Crippen molar-refractivity contribution in [2.75, 3.05) is 4.90 Å². The molecule has 0 saturated carbocycles. The van der Waals surface area contributed by atoms with Crippen molar-refractivity contribution in [2.45, 2.75) is 9.79 Å². The van der Waals surface area contributed by atoms with Gasteiger partial charge in [0.05, 0.1) is 5.69 Å². The molecule has 3 aliphatic rings. The maximum Gasteiger partial charge on any atom is 0.253 e. The third-order valence-electron chi connectivity index (χ3n) is 14.2. The van der Waals surface area contributed by atoms with E-state index < -0.39 is 16.1 Å². The lowest BCUT2D eigenvalue weighted by atomic mass is 9.35. The fraction of sp³-hybridized carbons (Fsp3) is 0. The first-order chi connectivity index (χ1) is 32.7.